The highest BCUT2D eigenvalue weighted by Crippen LogP contribution is 2.20. The molecule has 146 valence electrons. The Morgan fingerprint density at radius 3 is 2.46 bits per heavy atom. The molecular weight excluding hydrogens is 374 g/mol. The molecule has 0 spiro atoms. The van der Waals surface area contributed by atoms with Gasteiger partial charge in [0.25, 0.3) is 5.91 Å². The molecule has 6 nitrogen and oxygen atoms in total. The van der Waals surface area contributed by atoms with E-state index in [0.29, 0.717) is 16.7 Å². The number of benzene rings is 1. The van der Waals surface area contributed by atoms with Crippen LogP contribution in [-0.4, -0.2) is 16.8 Å². The number of rotatable bonds is 7. The van der Waals surface area contributed by atoms with Crippen molar-refractivity contribution in [3.05, 3.63) is 70.6 Å². The van der Waals surface area contributed by atoms with E-state index in [-0.39, 0.29) is 30.0 Å². The zero-order valence-electron chi connectivity index (χ0n) is 16.1. The lowest BCUT2D eigenvalue weighted by Gasteiger charge is -2.15. The summed E-state index contributed by atoms with van der Waals surface area (Å²) in [7, 11) is 0. The number of nitrogens with zero attached hydrogens (tertiary/aromatic N) is 1. The number of furan rings is 1. The van der Waals surface area contributed by atoms with Crippen LogP contribution < -0.4 is 10.6 Å². The fourth-order valence-corrected chi connectivity index (χ4v) is 3.43. The Balaban J connectivity index is 1.53. The maximum Gasteiger partial charge on any atom is 0.293 e. The van der Waals surface area contributed by atoms with E-state index in [1.807, 2.05) is 19.1 Å². The molecule has 1 unspecified atom stereocenters. The lowest BCUT2D eigenvalue weighted by molar-refractivity contribution is -0.121. The van der Waals surface area contributed by atoms with Gasteiger partial charge in [0, 0.05) is 5.38 Å². The van der Waals surface area contributed by atoms with Crippen molar-refractivity contribution in [1.29, 1.82) is 0 Å². The van der Waals surface area contributed by atoms with E-state index in [9.17, 15) is 9.59 Å². The lowest BCUT2D eigenvalue weighted by atomic mass is 9.99. The van der Waals surface area contributed by atoms with Crippen molar-refractivity contribution >= 4 is 28.3 Å². The number of carbonyl (C=O) groups excluding carboxylic acids is 2. The number of thiazole rings is 1. The van der Waals surface area contributed by atoms with Gasteiger partial charge in [-0.3, -0.25) is 14.9 Å². The first-order valence-corrected chi connectivity index (χ1v) is 9.99. The predicted octanol–water partition coefficient (Wildman–Crippen LogP) is 4.53. The van der Waals surface area contributed by atoms with E-state index in [1.165, 1.54) is 23.2 Å². The molecule has 1 aromatic carbocycles. The molecule has 0 saturated heterocycles. The number of hydrogen-bond donors (Lipinski definition) is 2. The molecule has 2 amide bonds. The fourth-order valence-electron chi connectivity index (χ4n) is 2.72. The summed E-state index contributed by atoms with van der Waals surface area (Å²) in [6.45, 7) is 6.26. The highest BCUT2D eigenvalue weighted by molar-refractivity contribution is 7.14. The van der Waals surface area contributed by atoms with Gasteiger partial charge in [0.1, 0.15) is 0 Å². The Hall–Kier alpha value is -2.93. The standard InChI is InChI=1S/C21H23N3O3S/c1-13(2)15-6-8-16(9-7-15)14(3)22-19(25)11-17-12-28-21(23-17)24-20(26)18-5-4-10-27-18/h4-10,12-14H,11H2,1-3H3,(H,22,25)(H,23,24,26). The monoisotopic (exact) mass is 397 g/mol. The van der Waals surface area contributed by atoms with Gasteiger partial charge in [-0.2, -0.15) is 0 Å². The van der Waals surface area contributed by atoms with Crippen LogP contribution in [0.15, 0.2) is 52.5 Å². The van der Waals surface area contributed by atoms with E-state index in [4.69, 9.17) is 4.42 Å². The third-order valence-electron chi connectivity index (χ3n) is 4.34. The summed E-state index contributed by atoms with van der Waals surface area (Å²) in [4.78, 5) is 28.6. The average molecular weight is 398 g/mol. The third-order valence-corrected chi connectivity index (χ3v) is 5.15. The van der Waals surface area contributed by atoms with E-state index in [1.54, 1.807) is 17.5 Å². The molecule has 3 rings (SSSR count). The topological polar surface area (TPSA) is 84.2 Å². The zero-order chi connectivity index (χ0) is 20.1. The van der Waals surface area contributed by atoms with Gasteiger partial charge in [-0.1, -0.05) is 38.1 Å². The molecule has 0 saturated carbocycles. The van der Waals surface area contributed by atoms with Crippen LogP contribution >= 0.6 is 11.3 Å². The van der Waals surface area contributed by atoms with E-state index >= 15 is 0 Å². The molecule has 2 heterocycles. The zero-order valence-corrected chi connectivity index (χ0v) is 16.9. The molecule has 0 aliphatic heterocycles. The summed E-state index contributed by atoms with van der Waals surface area (Å²) in [5.74, 6) is 0.210. The highest BCUT2D eigenvalue weighted by atomic mass is 32.1. The van der Waals surface area contributed by atoms with E-state index in [2.05, 4.69) is 41.6 Å². The van der Waals surface area contributed by atoms with Crippen molar-refractivity contribution in [3.63, 3.8) is 0 Å². The van der Waals surface area contributed by atoms with Crippen LogP contribution in [-0.2, 0) is 11.2 Å². The van der Waals surface area contributed by atoms with Gasteiger partial charge in [0.15, 0.2) is 10.9 Å². The lowest BCUT2D eigenvalue weighted by Crippen LogP contribution is -2.28. The van der Waals surface area contributed by atoms with Gasteiger partial charge < -0.3 is 9.73 Å². The molecule has 0 aliphatic carbocycles. The number of carbonyl (C=O) groups is 2. The Kier molecular flexibility index (Phi) is 6.26. The Bertz CT molecular complexity index is 930. The molecule has 2 N–H and O–H groups in total. The Morgan fingerprint density at radius 2 is 1.82 bits per heavy atom. The van der Waals surface area contributed by atoms with Crippen molar-refractivity contribution in [2.75, 3.05) is 5.32 Å². The number of aromatic nitrogens is 1. The minimum absolute atomic E-state index is 0.0922. The van der Waals surface area contributed by atoms with Crippen LogP contribution in [0.4, 0.5) is 5.13 Å². The van der Waals surface area contributed by atoms with Gasteiger partial charge in [-0.25, -0.2) is 4.98 Å². The molecule has 0 fully saturated rings. The van der Waals surface area contributed by atoms with Crippen molar-refractivity contribution in [1.82, 2.24) is 10.3 Å². The first-order valence-electron chi connectivity index (χ1n) is 9.11. The van der Waals surface area contributed by atoms with Gasteiger partial charge in [-0.05, 0) is 36.1 Å². The summed E-state index contributed by atoms with van der Waals surface area (Å²) in [6, 6.07) is 11.4. The number of amides is 2. The molecule has 1 atom stereocenters. The van der Waals surface area contributed by atoms with Crippen LogP contribution in [0.5, 0.6) is 0 Å². The summed E-state index contributed by atoms with van der Waals surface area (Å²) < 4.78 is 5.05. The Labute approximate surface area is 168 Å². The number of hydrogen-bond acceptors (Lipinski definition) is 5. The molecule has 0 bridgehead atoms. The minimum atomic E-state index is -0.367. The summed E-state index contributed by atoms with van der Waals surface area (Å²) in [6.07, 6.45) is 1.59. The second-order valence-electron chi connectivity index (χ2n) is 6.86. The maximum atomic E-state index is 12.3. The van der Waals surface area contributed by atoms with Gasteiger partial charge in [0.05, 0.1) is 24.4 Å². The van der Waals surface area contributed by atoms with Crippen LogP contribution in [0.25, 0.3) is 0 Å². The second-order valence-corrected chi connectivity index (χ2v) is 7.72. The normalized spacial score (nSPS) is 12.0. The maximum absolute atomic E-state index is 12.3. The van der Waals surface area contributed by atoms with Crippen molar-refractivity contribution < 1.29 is 14.0 Å². The van der Waals surface area contributed by atoms with Crippen LogP contribution in [0.2, 0.25) is 0 Å². The van der Waals surface area contributed by atoms with Gasteiger partial charge in [0.2, 0.25) is 5.91 Å². The smallest absolute Gasteiger partial charge is 0.293 e. The minimum Gasteiger partial charge on any atom is -0.459 e. The number of nitrogens with one attached hydrogen (secondary N) is 2. The largest absolute Gasteiger partial charge is 0.459 e. The molecule has 28 heavy (non-hydrogen) atoms. The summed E-state index contributed by atoms with van der Waals surface area (Å²) >= 11 is 1.27. The fraction of sp³-hybridized carbons (Fsp3) is 0.286. The summed E-state index contributed by atoms with van der Waals surface area (Å²) in [5, 5.41) is 7.85. The molecule has 7 heteroatoms. The number of anilines is 1. The van der Waals surface area contributed by atoms with Crippen molar-refractivity contribution in [3.8, 4) is 0 Å². The molecule has 0 aliphatic rings. The van der Waals surface area contributed by atoms with Crippen LogP contribution in [0.1, 0.15) is 60.1 Å². The van der Waals surface area contributed by atoms with Crippen molar-refractivity contribution in [2.45, 2.75) is 39.2 Å². The van der Waals surface area contributed by atoms with Gasteiger partial charge >= 0.3 is 0 Å². The highest BCUT2D eigenvalue weighted by Gasteiger charge is 2.14. The predicted molar refractivity (Wildman–Crippen MR) is 110 cm³/mol. The third kappa shape index (κ3) is 5.07. The quantitative estimate of drug-likeness (QED) is 0.613. The van der Waals surface area contributed by atoms with Crippen LogP contribution in [0.3, 0.4) is 0 Å². The average Bonchev–Trinajstić information content (AvgIpc) is 3.34. The molecular formula is C21H23N3O3S. The van der Waals surface area contributed by atoms with E-state index in [0.717, 1.165) is 5.56 Å². The first kappa shape index (κ1) is 19.8. The van der Waals surface area contributed by atoms with Gasteiger partial charge in [-0.15, -0.1) is 11.3 Å². The molecule has 3 aromatic rings. The van der Waals surface area contributed by atoms with E-state index < -0.39 is 0 Å². The molecule has 0 radical (unpaired) electrons. The SMILES string of the molecule is CC(C)c1ccc(C(C)NC(=O)Cc2csc(NC(=O)c3ccco3)n2)cc1. The van der Waals surface area contributed by atoms with Crippen molar-refractivity contribution in [2.24, 2.45) is 0 Å². The second kappa shape index (κ2) is 8.84. The van der Waals surface area contributed by atoms with Crippen LogP contribution in [0, 0.1) is 0 Å². The summed E-state index contributed by atoms with van der Waals surface area (Å²) in [5.41, 5.74) is 2.94. The first-order chi connectivity index (χ1) is 13.4. The molecule has 2 aromatic heterocycles. The Morgan fingerprint density at radius 1 is 1.11 bits per heavy atom.